The maximum Gasteiger partial charge on any atom is 0.332 e. The largest absolute Gasteiger partial charge is 0.384 e. The number of rotatable bonds is 8. The molecule has 0 aliphatic carbocycles. The Balaban J connectivity index is 1.57. The maximum atomic E-state index is 13.0. The summed E-state index contributed by atoms with van der Waals surface area (Å²) in [4.78, 5) is 39.6. The van der Waals surface area contributed by atoms with E-state index in [0.717, 1.165) is 20.8 Å². The number of ketones is 1. The van der Waals surface area contributed by atoms with E-state index in [1.54, 1.807) is 11.3 Å². The van der Waals surface area contributed by atoms with Crippen molar-refractivity contribution < 1.29 is 4.79 Å². The lowest BCUT2D eigenvalue weighted by atomic mass is 10.2. The predicted octanol–water partition coefficient (Wildman–Crippen LogP) is 1.93. The Labute approximate surface area is 197 Å². The molecule has 0 atom stereocenters. The SMILES string of the molecule is Cn1c(Cc2cccs2)nnc1SCC(=O)c1c(N)n(Cc2ccccc2)c(=O)n(C)c1=O. The average Bonchev–Trinajstić information content (AvgIpc) is 3.45. The molecule has 0 saturated heterocycles. The van der Waals surface area contributed by atoms with Gasteiger partial charge in [0, 0.05) is 25.4 Å². The van der Waals surface area contributed by atoms with Gasteiger partial charge in [0.25, 0.3) is 5.56 Å². The maximum absolute atomic E-state index is 13.0. The third kappa shape index (κ3) is 4.69. The number of carbonyl (C=O) groups excluding carboxylic acids is 1. The van der Waals surface area contributed by atoms with Crippen LogP contribution in [0.25, 0.3) is 0 Å². The van der Waals surface area contributed by atoms with Gasteiger partial charge in [0.2, 0.25) is 0 Å². The van der Waals surface area contributed by atoms with Crippen molar-refractivity contribution in [3.63, 3.8) is 0 Å². The van der Waals surface area contributed by atoms with Crippen molar-refractivity contribution in [2.24, 2.45) is 14.1 Å². The van der Waals surface area contributed by atoms with Crippen LogP contribution in [0.3, 0.4) is 0 Å². The van der Waals surface area contributed by atoms with Crippen molar-refractivity contribution in [1.82, 2.24) is 23.9 Å². The normalized spacial score (nSPS) is 11.1. The van der Waals surface area contributed by atoms with E-state index in [1.807, 2.05) is 59.5 Å². The minimum atomic E-state index is -0.705. The first-order valence-corrected chi connectivity index (χ1v) is 11.9. The van der Waals surface area contributed by atoms with Crippen LogP contribution in [-0.2, 0) is 27.1 Å². The van der Waals surface area contributed by atoms with Gasteiger partial charge >= 0.3 is 5.69 Å². The topological polar surface area (TPSA) is 118 Å². The Morgan fingerprint density at radius 3 is 2.52 bits per heavy atom. The number of nitrogen functional groups attached to an aromatic ring is 1. The second-order valence-corrected chi connectivity index (χ2v) is 9.38. The standard InChI is InChI=1S/C22H22N6O3S2/c1-26-17(11-15-9-6-10-32-15)24-25-21(26)33-13-16(29)18-19(23)28(22(31)27(2)20(18)30)12-14-7-4-3-5-8-14/h3-10H,11-13,23H2,1-2H3. The van der Waals surface area contributed by atoms with Gasteiger partial charge in [-0.1, -0.05) is 48.2 Å². The fourth-order valence-corrected chi connectivity index (χ4v) is 4.86. The van der Waals surface area contributed by atoms with Crippen LogP contribution in [-0.4, -0.2) is 35.4 Å². The summed E-state index contributed by atoms with van der Waals surface area (Å²) >= 11 is 2.81. The lowest BCUT2D eigenvalue weighted by molar-refractivity contribution is 0.102. The van der Waals surface area contributed by atoms with Crippen LogP contribution in [0.2, 0.25) is 0 Å². The third-order valence-corrected chi connectivity index (χ3v) is 7.11. The number of Topliss-reactive ketones (excluding diaryl/α,β-unsaturated/α-hetero) is 1. The number of anilines is 1. The Hall–Kier alpha value is -3.44. The average molecular weight is 483 g/mol. The van der Waals surface area contributed by atoms with E-state index >= 15 is 0 Å². The summed E-state index contributed by atoms with van der Waals surface area (Å²) in [5, 5.41) is 10.9. The molecule has 0 spiro atoms. The molecule has 11 heteroatoms. The number of thiophene rings is 1. The Kier molecular flexibility index (Phi) is 6.61. The lowest BCUT2D eigenvalue weighted by Crippen LogP contribution is -2.43. The fraction of sp³-hybridized carbons (Fsp3) is 0.227. The fourth-order valence-electron chi connectivity index (χ4n) is 3.36. The molecule has 9 nitrogen and oxygen atoms in total. The van der Waals surface area contributed by atoms with Crippen molar-refractivity contribution in [3.05, 3.63) is 90.5 Å². The van der Waals surface area contributed by atoms with Crippen LogP contribution < -0.4 is 17.0 Å². The molecule has 0 unspecified atom stereocenters. The summed E-state index contributed by atoms with van der Waals surface area (Å²) in [6, 6.07) is 13.2. The molecular weight excluding hydrogens is 460 g/mol. The van der Waals surface area contributed by atoms with Gasteiger partial charge in [-0.2, -0.15) is 0 Å². The van der Waals surface area contributed by atoms with Gasteiger partial charge in [-0.05, 0) is 17.0 Å². The molecule has 2 N–H and O–H groups in total. The Morgan fingerprint density at radius 1 is 1.06 bits per heavy atom. The Bertz CT molecular complexity index is 1400. The van der Waals surface area contributed by atoms with Gasteiger partial charge < -0.3 is 10.3 Å². The zero-order valence-corrected chi connectivity index (χ0v) is 19.7. The number of benzene rings is 1. The zero-order chi connectivity index (χ0) is 23.5. The second-order valence-electron chi connectivity index (χ2n) is 7.40. The van der Waals surface area contributed by atoms with Crippen molar-refractivity contribution in [1.29, 1.82) is 0 Å². The van der Waals surface area contributed by atoms with E-state index in [0.29, 0.717) is 11.6 Å². The highest BCUT2D eigenvalue weighted by atomic mass is 32.2. The van der Waals surface area contributed by atoms with Crippen LogP contribution in [0.1, 0.15) is 26.6 Å². The van der Waals surface area contributed by atoms with Crippen LogP contribution in [0.5, 0.6) is 0 Å². The van der Waals surface area contributed by atoms with E-state index in [1.165, 1.54) is 23.4 Å². The second kappa shape index (κ2) is 9.59. The van der Waals surface area contributed by atoms with Gasteiger partial charge in [0.05, 0.1) is 12.3 Å². The quantitative estimate of drug-likeness (QED) is 0.301. The monoisotopic (exact) mass is 482 g/mol. The molecule has 0 aliphatic heterocycles. The van der Waals surface area contributed by atoms with Crippen LogP contribution in [0.4, 0.5) is 5.82 Å². The van der Waals surface area contributed by atoms with Gasteiger partial charge in [-0.3, -0.25) is 18.7 Å². The van der Waals surface area contributed by atoms with E-state index in [9.17, 15) is 14.4 Å². The van der Waals surface area contributed by atoms with E-state index in [4.69, 9.17) is 5.73 Å². The molecule has 1 aromatic carbocycles. The van der Waals surface area contributed by atoms with E-state index in [2.05, 4.69) is 10.2 Å². The first kappa shape index (κ1) is 22.7. The number of thioether (sulfide) groups is 1. The molecule has 4 rings (SSSR count). The molecule has 0 bridgehead atoms. The molecule has 170 valence electrons. The number of nitrogens with zero attached hydrogens (tertiary/aromatic N) is 5. The van der Waals surface area contributed by atoms with Gasteiger partial charge in [-0.25, -0.2) is 4.79 Å². The molecule has 0 fully saturated rings. The molecule has 0 radical (unpaired) electrons. The van der Waals surface area contributed by atoms with Crippen LogP contribution >= 0.6 is 23.1 Å². The van der Waals surface area contributed by atoms with Crippen LogP contribution in [0.15, 0.2) is 62.6 Å². The first-order chi connectivity index (χ1) is 15.9. The molecule has 4 aromatic rings. The summed E-state index contributed by atoms with van der Waals surface area (Å²) in [5.41, 5.74) is 5.53. The molecule has 0 aliphatic rings. The number of hydrogen-bond donors (Lipinski definition) is 1. The van der Waals surface area contributed by atoms with Gasteiger partial charge in [0.1, 0.15) is 17.2 Å². The van der Waals surface area contributed by atoms with E-state index in [-0.39, 0.29) is 23.7 Å². The first-order valence-electron chi connectivity index (χ1n) is 10.1. The van der Waals surface area contributed by atoms with Gasteiger partial charge in [-0.15, -0.1) is 21.5 Å². The van der Waals surface area contributed by atoms with E-state index < -0.39 is 17.0 Å². The summed E-state index contributed by atoms with van der Waals surface area (Å²) in [7, 11) is 3.18. The highest BCUT2D eigenvalue weighted by molar-refractivity contribution is 7.99. The van der Waals surface area contributed by atoms with Gasteiger partial charge in [0.15, 0.2) is 10.9 Å². The number of hydrogen-bond acceptors (Lipinski definition) is 8. The minimum Gasteiger partial charge on any atom is -0.384 e. The molecule has 33 heavy (non-hydrogen) atoms. The van der Waals surface area contributed by atoms with Crippen molar-refractivity contribution in [3.8, 4) is 0 Å². The Morgan fingerprint density at radius 2 is 1.82 bits per heavy atom. The minimum absolute atomic E-state index is 0.0616. The number of carbonyl (C=O) groups is 1. The lowest BCUT2D eigenvalue weighted by Gasteiger charge is -2.14. The molecule has 3 aromatic heterocycles. The zero-order valence-electron chi connectivity index (χ0n) is 18.1. The van der Waals surface area contributed by atoms with Crippen LogP contribution in [0, 0.1) is 0 Å². The molecule has 0 saturated carbocycles. The molecular formula is C22H22N6O3S2. The van der Waals surface area contributed by atoms with Crippen molar-refractivity contribution in [2.45, 2.75) is 18.1 Å². The molecule has 0 amide bonds. The summed E-state index contributed by atoms with van der Waals surface area (Å²) in [6.07, 6.45) is 0.646. The number of aromatic nitrogens is 5. The van der Waals surface area contributed by atoms with Crippen molar-refractivity contribution in [2.75, 3.05) is 11.5 Å². The summed E-state index contributed by atoms with van der Waals surface area (Å²) in [5.74, 6) is 0.115. The highest BCUT2D eigenvalue weighted by Crippen LogP contribution is 2.20. The molecule has 3 heterocycles. The number of nitrogens with two attached hydrogens (primary N) is 1. The predicted molar refractivity (Wildman–Crippen MR) is 129 cm³/mol. The smallest absolute Gasteiger partial charge is 0.332 e. The summed E-state index contributed by atoms with van der Waals surface area (Å²) < 4.78 is 3.99. The van der Waals surface area contributed by atoms with Crippen molar-refractivity contribution >= 4 is 34.7 Å². The third-order valence-electron chi connectivity index (χ3n) is 5.22. The summed E-state index contributed by atoms with van der Waals surface area (Å²) in [6.45, 7) is 0.155. The highest BCUT2D eigenvalue weighted by Gasteiger charge is 2.22.